The number of likely N-dealkylation sites (tertiary alicyclic amines) is 1. The minimum atomic E-state index is -0.657. The first-order valence-corrected chi connectivity index (χ1v) is 11.6. The Morgan fingerprint density at radius 3 is 2.97 bits per heavy atom. The number of nitrogens with zero attached hydrogens (tertiary/aromatic N) is 6. The summed E-state index contributed by atoms with van der Waals surface area (Å²) < 4.78 is 6.62. The zero-order chi connectivity index (χ0) is 24.5. The van der Waals surface area contributed by atoms with E-state index in [-0.39, 0.29) is 18.5 Å². The Morgan fingerprint density at radius 2 is 2.20 bits per heavy atom. The fourth-order valence-electron chi connectivity index (χ4n) is 4.83. The number of β-amino-alcohol motifs (C(OH)–C–C–N with tert-alkyl or cyclic N) is 1. The number of carbonyl (C=O) groups excluding carboxylic acids is 2. The highest BCUT2D eigenvalue weighted by Gasteiger charge is 2.28. The highest BCUT2D eigenvalue weighted by molar-refractivity contribution is 5.94. The molecule has 5 rings (SSSR count). The van der Waals surface area contributed by atoms with Gasteiger partial charge in [-0.15, -0.1) is 5.10 Å². The first-order valence-electron chi connectivity index (χ1n) is 11.6. The van der Waals surface area contributed by atoms with Gasteiger partial charge in [0, 0.05) is 25.2 Å². The van der Waals surface area contributed by atoms with Gasteiger partial charge in [-0.05, 0) is 72.0 Å². The van der Waals surface area contributed by atoms with Gasteiger partial charge in [0.25, 0.3) is 5.91 Å². The van der Waals surface area contributed by atoms with Gasteiger partial charge in [0.1, 0.15) is 18.6 Å². The molecule has 1 unspecified atom stereocenters. The molecule has 2 aliphatic heterocycles. The number of benzene rings is 1. The van der Waals surface area contributed by atoms with E-state index >= 15 is 0 Å². The summed E-state index contributed by atoms with van der Waals surface area (Å²) in [5.74, 6) is -0.234. The molecule has 182 valence electrons. The van der Waals surface area contributed by atoms with Crippen LogP contribution in [0.5, 0.6) is 0 Å². The Morgan fingerprint density at radius 1 is 1.34 bits per heavy atom. The molecule has 1 fully saturated rings. The highest BCUT2D eigenvalue weighted by Crippen LogP contribution is 2.30. The minimum absolute atomic E-state index is 0.222. The maximum absolute atomic E-state index is 12.6. The predicted octanol–water partition coefficient (Wildman–Crippen LogP) is 1.13. The number of pyridine rings is 1. The molecule has 2 atom stereocenters. The van der Waals surface area contributed by atoms with Crippen LogP contribution >= 0.6 is 0 Å². The van der Waals surface area contributed by atoms with Crippen molar-refractivity contribution in [3.8, 4) is 5.69 Å². The number of aliphatic hydroxyl groups excluding tert-OH is 1. The van der Waals surface area contributed by atoms with E-state index in [4.69, 9.17) is 4.74 Å². The molecule has 11 heteroatoms. The average molecular weight is 478 g/mol. The summed E-state index contributed by atoms with van der Waals surface area (Å²) in [6.45, 7) is 6.74. The number of aryl methyl sites for hydroxylation is 1. The summed E-state index contributed by atoms with van der Waals surface area (Å²) in [6, 6.07) is 5.28. The molecule has 0 radical (unpaired) electrons. The Balaban J connectivity index is 1.13. The molecule has 1 aromatic carbocycles. The van der Waals surface area contributed by atoms with Crippen molar-refractivity contribution in [3.05, 3.63) is 64.2 Å². The number of cyclic esters (lactones) is 1. The lowest BCUT2D eigenvalue weighted by Gasteiger charge is -2.22. The Bertz CT molecular complexity index is 1260. The van der Waals surface area contributed by atoms with Gasteiger partial charge in [-0.25, -0.2) is 9.78 Å². The fourth-order valence-corrected chi connectivity index (χ4v) is 4.83. The normalized spacial score (nSPS) is 18.4. The first-order chi connectivity index (χ1) is 16.9. The third-order valence-electron chi connectivity index (χ3n) is 6.83. The number of esters is 1. The number of ether oxygens (including phenoxy) is 1. The fraction of sp³-hybridized carbons (Fsp3) is 0.417. The Labute approximate surface area is 202 Å². The van der Waals surface area contributed by atoms with Crippen molar-refractivity contribution in [2.24, 2.45) is 5.92 Å². The van der Waals surface area contributed by atoms with Gasteiger partial charge >= 0.3 is 5.97 Å². The van der Waals surface area contributed by atoms with Crippen LogP contribution in [0.3, 0.4) is 0 Å². The van der Waals surface area contributed by atoms with Gasteiger partial charge in [0.2, 0.25) is 0 Å². The van der Waals surface area contributed by atoms with Gasteiger partial charge in [-0.3, -0.25) is 4.79 Å². The third kappa shape index (κ3) is 4.64. The zero-order valence-electron chi connectivity index (χ0n) is 19.6. The van der Waals surface area contributed by atoms with Crippen LogP contribution in [-0.4, -0.2) is 73.3 Å². The van der Waals surface area contributed by atoms with Crippen LogP contribution in [0.2, 0.25) is 0 Å². The van der Waals surface area contributed by atoms with Crippen molar-refractivity contribution in [3.63, 3.8) is 0 Å². The van der Waals surface area contributed by atoms with Crippen LogP contribution in [0, 0.1) is 19.8 Å². The summed E-state index contributed by atoms with van der Waals surface area (Å²) in [5, 5.41) is 25.0. The van der Waals surface area contributed by atoms with E-state index in [1.165, 1.54) is 11.0 Å². The van der Waals surface area contributed by atoms with Crippen molar-refractivity contribution in [1.29, 1.82) is 0 Å². The van der Waals surface area contributed by atoms with Gasteiger partial charge < -0.3 is 20.1 Å². The van der Waals surface area contributed by atoms with Crippen molar-refractivity contribution in [2.45, 2.75) is 33.0 Å². The second-order valence-corrected chi connectivity index (χ2v) is 9.13. The molecule has 2 aromatic heterocycles. The summed E-state index contributed by atoms with van der Waals surface area (Å²) in [6.07, 6.45) is 3.34. The molecule has 35 heavy (non-hydrogen) atoms. The number of nitrogens with one attached hydrogen (secondary N) is 1. The largest absolute Gasteiger partial charge is 0.457 e. The van der Waals surface area contributed by atoms with Gasteiger partial charge in [-0.2, -0.15) is 4.68 Å². The lowest BCUT2D eigenvalue weighted by atomic mass is 9.95. The predicted molar refractivity (Wildman–Crippen MR) is 124 cm³/mol. The van der Waals surface area contributed by atoms with Gasteiger partial charge in [-0.1, -0.05) is 6.07 Å². The topological polar surface area (TPSA) is 135 Å². The van der Waals surface area contributed by atoms with E-state index in [0.717, 1.165) is 41.8 Å². The van der Waals surface area contributed by atoms with Gasteiger partial charge in [0.05, 0.1) is 23.6 Å². The number of aromatic nitrogens is 5. The maximum atomic E-state index is 12.6. The van der Waals surface area contributed by atoms with E-state index in [0.29, 0.717) is 36.0 Å². The molecule has 1 amide bonds. The Kier molecular flexibility index (Phi) is 6.27. The highest BCUT2D eigenvalue weighted by atomic mass is 16.5. The molecule has 3 aromatic rings. The van der Waals surface area contributed by atoms with Gasteiger partial charge in [0.15, 0.2) is 0 Å². The van der Waals surface area contributed by atoms with Crippen LogP contribution in [0.25, 0.3) is 5.69 Å². The Hall–Kier alpha value is -3.70. The number of fused-ring (bicyclic) bond motifs is 1. The second-order valence-electron chi connectivity index (χ2n) is 9.13. The monoisotopic (exact) mass is 477 g/mol. The number of hydrogen-bond acceptors (Lipinski definition) is 9. The third-order valence-corrected chi connectivity index (χ3v) is 6.83. The number of hydrogen-bond donors (Lipinski definition) is 2. The van der Waals surface area contributed by atoms with Crippen molar-refractivity contribution >= 4 is 11.9 Å². The van der Waals surface area contributed by atoms with E-state index in [1.54, 1.807) is 18.3 Å². The number of carbonyl (C=O) groups is 2. The van der Waals surface area contributed by atoms with Crippen LogP contribution < -0.4 is 5.32 Å². The minimum Gasteiger partial charge on any atom is -0.457 e. The zero-order valence-corrected chi connectivity index (χ0v) is 19.6. The van der Waals surface area contributed by atoms with E-state index < -0.39 is 6.10 Å². The first kappa shape index (κ1) is 23.1. The van der Waals surface area contributed by atoms with Crippen molar-refractivity contribution in [1.82, 2.24) is 35.4 Å². The van der Waals surface area contributed by atoms with Crippen LogP contribution in [0.4, 0.5) is 0 Å². The van der Waals surface area contributed by atoms with Crippen molar-refractivity contribution in [2.75, 3.05) is 26.2 Å². The van der Waals surface area contributed by atoms with E-state index in [9.17, 15) is 14.7 Å². The number of tetrazole rings is 1. The summed E-state index contributed by atoms with van der Waals surface area (Å²) in [7, 11) is 0. The van der Waals surface area contributed by atoms with Crippen molar-refractivity contribution < 1.29 is 19.4 Å². The van der Waals surface area contributed by atoms with Crippen LogP contribution in [0.1, 0.15) is 55.6 Å². The lowest BCUT2D eigenvalue weighted by Crippen LogP contribution is -2.32. The molecule has 4 heterocycles. The maximum Gasteiger partial charge on any atom is 0.338 e. The molecule has 0 bridgehead atoms. The SMILES string of the molecule is Cc1cc(C(=O)NCC2CCN(C[C@H](O)c3ccc4c(c3C)COC4=O)C2)ncc1-n1cnnn1. The van der Waals surface area contributed by atoms with E-state index in [2.05, 4.69) is 30.7 Å². The standard InChI is InChI=1S/C24H27N7O4/c1-14-7-20(25-9-21(14)31-13-27-28-29-31)23(33)26-8-16-5-6-30(10-16)11-22(32)17-3-4-18-19(15(17)2)12-35-24(18)34/h3-4,7,9,13,16,22,32H,5-6,8,10-12H2,1-2H3,(H,26,33)/t16?,22-/m0/s1. The summed E-state index contributed by atoms with van der Waals surface area (Å²) >= 11 is 0. The van der Waals surface area contributed by atoms with Crippen LogP contribution in [-0.2, 0) is 11.3 Å². The molecule has 2 N–H and O–H groups in total. The van der Waals surface area contributed by atoms with Crippen LogP contribution in [0.15, 0.2) is 30.7 Å². The molecule has 0 aliphatic carbocycles. The van der Waals surface area contributed by atoms with E-state index in [1.807, 2.05) is 19.9 Å². The molecule has 0 saturated carbocycles. The quantitative estimate of drug-likeness (QED) is 0.480. The summed E-state index contributed by atoms with van der Waals surface area (Å²) in [4.78, 5) is 30.9. The number of amides is 1. The molecule has 1 saturated heterocycles. The second kappa shape index (κ2) is 9.51. The molecule has 2 aliphatic rings. The molecular formula is C24H27N7O4. The number of aliphatic hydroxyl groups is 1. The molecule has 0 spiro atoms. The number of rotatable bonds is 7. The smallest absolute Gasteiger partial charge is 0.338 e. The summed E-state index contributed by atoms with van der Waals surface area (Å²) in [5.41, 5.74) is 5.10. The lowest BCUT2D eigenvalue weighted by molar-refractivity contribution is 0.0534. The molecule has 11 nitrogen and oxygen atoms in total. The average Bonchev–Trinajstić information content (AvgIpc) is 3.60. The molecular weight excluding hydrogens is 450 g/mol.